The number of rotatable bonds is 7. The molecule has 8 heteroatoms. The molecule has 1 aliphatic heterocycles. The summed E-state index contributed by atoms with van der Waals surface area (Å²) in [5, 5.41) is 14.6. The van der Waals surface area contributed by atoms with Gasteiger partial charge in [-0.25, -0.2) is 4.79 Å². The molecule has 0 saturated carbocycles. The maximum Gasteiger partial charge on any atom is 0.338 e. The average Bonchev–Trinajstić information content (AvgIpc) is 2.73. The number of nitro benzene ring substituents is 1. The van der Waals surface area contributed by atoms with E-state index in [-0.39, 0.29) is 18.6 Å². The number of hydrogen-bond donors (Lipinski definition) is 1. The third-order valence-electron chi connectivity index (χ3n) is 4.63. The number of benzene rings is 2. The van der Waals surface area contributed by atoms with Gasteiger partial charge in [-0.3, -0.25) is 10.1 Å². The monoisotopic (exact) mass is 428 g/mol. The highest BCUT2D eigenvalue weighted by atomic mass is 16.7. The third kappa shape index (κ3) is 6.77. The molecular formula is C23H28N2O6. The summed E-state index contributed by atoms with van der Waals surface area (Å²) in [4.78, 5) is 23.3. The van der Waals surface area contributed by atoms with Crippen molar-refractivity contribution in [2.24, 2.45) is 0 Å². The van der Waals surface area contributed by atoms with E-state index in [4.69, 9.17) is 14.2 Å². The summed E-state index contributed by atoms with van der Waals surface area (Å²) >= 11 is 0. The summed E-state index contributed by atoms with van der Waals surface area (Å²) < 4.78 is 16.6. The minimum Gasteiger partial charge on any atom is -0.456 e. The van der Waals surface area contributed by atoms with Crippen molar-refractivity contribution in [3.63, 3.8) is 0 Å². The van der Waals surface area contributed by atoms with Crippen LogP contribution in [-0.4, -0.2) is 29.4 Å². The quantitative estimate of drug-likeness (QED) is 0.361. The van der Waals surface area contributed by atoms with E-state index in [0.29, 0.717) is 29.1 Å². The van der Waals surface area contributed by atoms with Gasteiger partial charge in [-0.1, -0.05) is 6.07 Å². The van der Waals surface area contributed by atoms with E-state index in [1.165, 1.54) is 6.07 Å². The average molecular weight is 428 g/mol. The molecule has 166 valence electrons. The number of ether oxygens (including phenoxy) is 3. The fourth-order valence-corrected chi connectivity index (χ4v) is 3.14. The Bertz CT molecular complexity index is 915. The number of carbonyl (C=O) groups excluding carboxylic acids is 1. The number of nitrogens with zero attached hydrogens (tertiary/aromatic N) is 1. The third-order valence-corrected chi connectivity index (χ3v) is 4.63. The molecule has 3 rings (SSSR count). The van der Waals surface area contributed by atoms with Crippen LogP contribution in [0.25, 0.3) is 0 Å². The predicted octanol–water partition coefficient (Wildman–Crippen LogP) is 5.34. The van der Waals surface area contributed by atoms with Crippen molar-refractivity contribution >= 4 is 23.0 Å². The summed E-state index contributed by atoms with van der Waals surface area (Å²) in [5.41, 5.74) is 1.45. The summed E-state index contributed by atoms with van der Waals surface area (Å²) in [5.74, 6) is -0.420. The van der Waals surface area contributed by atoms with Gasteiger partial charge >= 0.3 is 5.97 Å². The maximum absolute atomic E-state index is 12.1. The van der Waals surface area contributed by atoms with Crippen LogP contribution in [0.5, 0.6) is 0 Å². The molecule has 0 aromatic heterocycles. The van der Waals surface area contributed by atoms with Crippen molar-refractivity contribution in [1.29, 1.82) is 0 Å². The molecule has 1 saturated heterocycles. The summed E-state index contributed by atoms with van der Waals surface area (Å²) in [6, 6.07) is 11.5. The van der Waals surface area contributed by atoms with Crippen LogP contribution >= 0.6 is 0 Å². The Balaban J connectivity index is 1.67. The second kappa shape index (κ2) is 9.89. The number of carbonyl (C=O) groups is 1. The highest BCUT2D eigenvalue weighted by Gasteiger charge is 2.19. The molecule has 0 radical (unpaired) electrons. The van der Waals surface area contributed by atoms with Gasteiger partial charge in [0.1, 0.15) is 11.3 Å². The molecule has 1 N–H and O–H groups in total. The first-order valence-electron chi connectivity index (χ1n) is 10.3. The van der Waals surface area contributed by atoms with Crippen LogP contribution in [0.4, 0.5) is 17.1 Å². The lowest BCUT2D eigenvalue weighted by Gasteiger charge is -2.22. The summed E-state index contributed by atoms with van der Waals surface area (Å²) in [7, 11) is 0. The number of hydrogen-bond acceptors (Lipinski definition) is 7. The van der Waals surface area contributed by atoms with E-state index < -0.39 is 16.5 Å². The molecule has 2 aromatic carbocycles. The van der Waals surface area contributed by atoms with Crippen LogP contribution in [0.15, 0.2) is 42.5 Å². The van der Waals surface area contributed by atoms with Crippen LogP contribution in [0.1, 0.15) is 56.0 Å². The molecule has 0 aliphatic carbocycles. The van der Waals surface area contributed by atoms with Crippen LogP contribution in [0, 0.1) is 10.1 Å². The minimum atomic E-state index is -0.580. The first kappa shape index (κ1) is 22.7. The molecule has 0 spiro atoms. The topological polar surface area (TPSA) is 99.9 Å². The van der Waals surface area contributed by atoms with Crippen LogP contribution in [-0.2, 0) is 20.8 Å². The highest BCUT2D eigenvalue weighted by molar-refractivity contribution is 5.90. The fraction of sp³-hybridized carbons (Fsp3) is 0.435. The van der Waals surface area contributed by atoms with Crippen LogP contribution < -0.4 is 5.32 Å². The summed E-state index contributed by atoms with van der Waals surface area (Å²) in [6.45, 7) is 6.33. The van der Waals surface area contributed by atoms with E-state index in [0.717, 1.165) is 19.3 Å². The van der Waals surface area contributed by atoms with Gasteiger partial charge in [0.05, 0.1) is 17.1 Å². The molecule has 31 heavy (non-hydrogen) atoms. The molecule has 1 aliphatic rings. The Hall–Kier alpha value is -2.97. The van der Waals surface area contributed by atoms with Crippen LogP contribution in [0.2, 0.25) is 0 Å². The Labute approximate surface area is 181 Å². The van der Waals surface area contributed by atoms with Gasteiger partial charge in [0, 0.05) is 18.4 Å². The van der Waals surface area contributed by atoms with Crippen LogP contribution in [0.3, 0.4) is 0 Å². The van der Waals surface area contributed by atoms with E-state index >= 15 is 0 Å². The standard InChI is InChI=1S/C23H28N2O6/c1-23(2,3)31-22(26)17-8-10-18(11-9-17)24-19-12-7-16(14-20(19)25(27)28)15-30-21-6-4-5-13-29-21/h7-12,14,21,24H,4-6,13,15H2,1-3H3. The zero-order valence-electron chi connectivity index (χ0n) is 18.1. The molecule has 1 heterocycles. The van der Waals surface area contributed by atoms with Crippen molar-refractivity contribution < 1.29 is 23.9 Å². The largest absolute Gasteiger partial charge is 0.456 e. The number of esters is 1. The molecule has 0 amide bonds. The predicted molar refractivity (Wildman–Crippen MR) is 116 cm³/mol. The van der Waals surface area contributed by atoms with E-state index in [1.54, 1.807) is 57.2 Å². The number of anilines is 2. The van der Waals surface area contributed by atoms with E-state index in [1.807, 2.05) is 0 Å². The van der Waals surface area contributed by atoms with Crippen molar-refractivity contribution in [2.45, 2.75) is 58.5 Å². The molecule has 8 nitrogen and oxygen atoms in total. The second-order valence-electron chi connectivity index (χ2n) is 8.42. The first-order valence-corrected chi connectivity index (χ1v) is 10.3. The van der Waals surface area contributed by atoms with Gasteiger partial charge in [0.15, 0.2) is 6.29 Å². The Morgan fingerprint density at radius 3 is 2.55 bits per heavy atom. The fourth-order valence-electron chi connectivity index (χ4n) is 3.14. The lowest BCUT2D eigenvalue weighted by Crippen LogP contribution is -2.23. The number of nitro groups is 1. The van der Waals surface area contributed by atoms with Gasteiger partial charge in [-0.05, 0) is 75.9 Å². The SMILES string of the molecule is CC(C)(C)OC(=O)c1ccc(Nc2ccc(COC3CCCCO3)cc2[N+](=O)[O-])cc1. The molecule has 1 fully saturated rings. The Kier molecular flexibility index (Phi) is 7.25. The van der Waals surface area contributed by atoms with Crippen molar-refractivity contribution in [3.05, 3.63) is 63.7 Å². The first-order chi connectivity index (χ1) is 14.7. The molecular weight excluding hydrogens is 400 g/mol. The zero-order valence-corrected chi connectivity index (χ0v) is 18.1. The van der Waals surface area contributed by atoms with Crippen molar-refractivity contribution in [2.75, 3.05) is 11.9 Å². The lowest BCUT2D eigenvalue weighted by molar-refractivity contribution is -0.384. The minimum absolute atomic E-state index is 0.0538. The number of nitrogens with one attached hydrogen (secondary N) is 1. The van der Waals surface area contributed by atoms with Crippen molar-refractivity contribution in [1.82, 2.24) is 0 Å². The van der Waals surface area contributed by atoms with E-state index in [9.17, 15) is 14.9 Å². The van der Waals surface area contributed by atoms with Gasteiger partial charge in [-0.2, -0.15) is 0 Å². The molecule has 2 aromatic rings. The van der Waals surface area contributed by atoms with Gasteiger partial charge < -0.3 is 19.5 Å². The molecule has 1 unspecified atom stereocenters. The van der Waals surface area contributed by atoms with Gasteiger partial charge in [0.2, 0.25) is 0 Å². The Morgan fingerprint density at radius 2 is 1.94 bits per heavy atom. The molecule has 1 atom stereocenters. The molecule has 0 bridgehead atoms. The normalized spacial score (nSPS) is 16.5. The smallest absolute Gasteiger partial charge is 0.338 e. The van der Waals surface area contributed by atoms with Gasteiger partial charge in [0.25, 0.3) is 5.69 Å². The Morgan fingerprint density at radius 1 is 1.19 bits per heavy atom. The van der Waals surface area contributed by atoms with Crippen molar-refractivity contribution in [3.8, 4) is 0 Å². The lowest BCUT2D eigenvalue weighted by atomic mass is 10.1. The van der Waals surface area contributed by atoms with E-state index in [2.05, 4.69) is 5.32 Å². The highest BCUT2D eigenvalue weighted by Crippen LogP contribution is 2.29. The zero-order chi connectivity index (χ0) is 22.4. The maximum atomic E-state index is 12.1. The van der Waals surface area contributed by atoms with Gasteiger partial charge in [-0.15, -0.1) is 0 Å². The summed E-state index contributed by atoms with van der Waals surface area (Å²) in [6.07, 6.45) is 2.67. The second-order valence-corrected chi connectivity index (χ2v) is 8.42.